The Labute approximate surface area is 111 Å². The zero-order valence-electron chi connectivity index (χ0n) is 10.2. The lowest BCUT2D eigenvalue weighted by atomic mass is 10.0. The van der Waals surface area contributed by atoms with E-state index >= 15 is 0 Å². The van der Waals surface area contributed by atoms with Crippen LogP contribution < -0.4 is 16.2 Å². The molecule has 0 aromatic heterocycles. The van der Waals surface area contributed by atoms with Gasteiger partial charge in [0.1, 0.15) is 5.82 Å². The molecule has 1 aliphatic heterocycles. The standard InChI is InChI=1S/C12H17ClFN3O/c1-18-5-4-15-12-7-11(16-17-12)9-3-2-8(14)6-10(9)13/h2-3,6,11-12,15-17H,4-5,7H2,1H3. The summed E-state index contributed by atoms with van der Waals surface area (Å²) in [4.78, 5) is 0. The van der Waals surface area contributed by atoms with E-state index in [0.29, 0.717) is 11.6 Å². The highest BCUT2D eigenvalue weighted by Gasteiger charge is 2.25. The van der Waals surface area contributed by atoms with E-state index in [0.717, 1.165) is 18.5 Å². The summed E-state index contributed by atoms with van der Waals surface area (Å²) in [5.41, 5.74) is 7.19. The molecule has 2 unspecified atom stereocenters. The molecule has 2 atom stereocenters. The molecule has 0 radical (unpaired) electrons. The molecule has 0 amide bonds. The Morgan fingerprint density at radius 2 is 2.33 bits per heavy atom. The summed E-state index contributed by atoms with van der Waals surface area (Å²) >= 11 is 6.04. The van der Waals surface area contributed by atoms with Crippen LogP contribution in [-0.4, -0.2) is 26.4 Å². The molecular formula is C12H17ClFN3O. The SMILES string of the molecule is COCCNC1CC(c2ccc(F)cc2Cl)NN1. The van der Waals surface area contributed by atoms with E-state index in [1.165, 1.54) is 12.1 Å². The third-order valence-electron chi connectivity index (χ3n) is 2.94. The van der Waals surface area contributed by atoms with Crippen LogP contribution in [0.3, 0.4) is 0 Å². The molecule has 1 saturated heterocycles. The summed E-state index contributed by atoms with van der Waals surface area (Å²) in [7, 11) is 1.67. The van der Waals surface area contributed by atoms with Gasteiger partial charge in [-0.15, -0.1) is 0 Å². The van der Waals surface area contributed by atoms with Gasteiger partial charge in [-0.1, -0.05) is 17.7 Å². The van der Waals surface area contributed by atoms with Crippen molar-refractivity contribution in [3.63, 3.8) is 0 Å². The number of ether oxygens (including phenoxy) is 1. The topological polar surface area (TPSA) is 45.3 Å². The van der Waals surface area contributed by atoms with Gasteiger partial charge >= 0.3 is 0 Å². The lowest BCUT2D eigenvalue weighted by Crippen LogP contribution is -2.42. The Balaban J connectivity index is 1.91. The summed E-state index contributed by atoms with van der Waals surface area (Å²) in [5.74, 6) is -0.315. The fourth-order valence-corrected chi connectivity index (χ4v) is 2.31. The fraction of sp³-hybridized carbons (Fsp3) is 0.500. The molecule has 1 aromatic carbocycles. The highest BCUT2D eigenvalue weighted by atomic mass is 35.5. The lowest BCUT2D eigenvalue weighted by Gasteiger charge is -2.12. The van der Waals surface area contributed by atoms with Crippen LogP contribution in [0.1, 0.15) is 18.0 Å². The maximum Gasteiger partial charge on any atom is 0.124 e. The number of rotatable bonds is 5. The zero-order valence-corrected chi connectivity index (χ0v) is 10.9. The maximum atomic E-state index is 13.0. The highest BCUT2D eigenvalue weighted by Crippen LogP contribution is 2.28. The quantitative estimate of drug-likeness (QED) is 0.713. The van der Waals surface area contributed by atoms with Crippen LogP contribution in [-0.2, 0) is 4.74 Å². The Hall–Kier alpha value is -0.720. The molecule has 2 rings (SSSR count). The molecule has 1 fully saturated rings. The molecule has 1 aromatic rings. The fourth-order valence-electron chi connectivity index (χ4n) is 2.01. The first kappa shape index (κ1) is 13.7. The largest absolute Gasteiger partial charge is 0.383 e. The molecule has 3 N–H and O–H groups in total. The van der Waals surface area contributed by atoms with Crippen molar-refractivity contribution in [1.29, 1.82) is 0 Å². The minimum absolute atomic E-state index is 0.0816. The Morgan fingerprint density at radius 3 is 3.06 bits per heavy atom. The number of nitrogens with one attached hydrogen (secondary N) is 3. The summed E-state index contributed by atoms with van der Waals surface area (Å²) in [6, 6.07) is 4.56. The van der Waals surface area contributed by atoms with Gasteiger partial charge in [0.05, 0.1) is 18.8 Å². The van der Waals surface area contributed by atoms with Crippen LogP contribution in [0.4, 0.5) is 4.39 Å². The van der Waals surface area contributed by atoms with E-state index in [2.05, 4.69) is 16.2 Å². The van der Waals surface area contributed by atoms with Crippen molar-refractivity contribution >= 4 is 11.6 Å². The first-order valence-electron chi connectivity index (χ1n) is 5.89. The average molecular weight is 274 g/mol. The molecule has 0 bridgehead atoms. The zero-order chi connectivity index (χ0) is 13.0. The molecule has 1 aliphatic rings. The van der Waals surface area contributed by atoms with E-state index in [1.54, 1.807) is 13.2 Å². The van der Waals surface area contributed by atoms with Crippen LogP contribution in [0, 0.1) is 5.82 Å². The second-order valence-electron chi connectivity index (χ2n) is 4.24. The van der Waals surface area contributed by atoms with Gasteiger partial charge < -0.3 is 4.74 Å². The number of hydrogen-bond donors (Lipinski definition) is 3. The van der Waals surface area contributed by atoms with Crippen molar-refractivity contribution in [1.82, 2.24) is 16.2 Å². The van der Waals surface area contributed by atoms with Crippen molar-refractivity contribution < 1.29 is 9.13 Å². The predicted octanol–water partition coefficient (Wildman–Crippen LogP) is 1.58. The molecule has 18 heavy (non-hydrogen) atoms. The summed E-state index contributed by atoms with van der Waals surface area (Å²) in [6.07, 6.45) is 1.00. The van der Waals surface area contributed by atoms with Gasteiger partial charge in [0.25, 0.3) is 0 Å². The lowest BCUT2D eigenvalue weighted by molar-refractivity contribution is 0.194. The van der Waals surface area contributed by atoms with Crippen LogP contribution >= 0.6 is 11.6 Å². The maximum absolute atomic E-state index is 13.0. The first-order chi connectivity index (χ1) is 8.70. The number of hydrogen-bond acceptors (Lipinski definition) is 4. The van der Waals surface area contributed by atoms with Crippen molar-refractivity contribution in [3.05, 3.63) is 34.6 Å². The van der Waals surface area contributed by atoms with Crippen LogP contribution in [0.15, 0.2) is 18.2 Å². The molecule has 0 aliphatic carbocycles. The normalized spacial score (nSPS) is 23.5. The minimum Gasteiger partial charge on any atom is -0.383 e. The Bertz CT molecular complexity index is 405. The number of hydrazine groups is 1. The summed E-state index contributed by atoms with van der Waals surface area (Å²) < 4.78 is 17.9. The van der Waals surface area contributed by atoms with E-state index < -0.39 is 0 Å². The van der Waals surface area contributed by atoms with Crippen molar-refractivity contribution in [2.75, 3.05) is 20.3 Å². The van der Waals surface area contributed by atoms with E-state index in [1.807, 2.05) is 0 Å². The second-order valence-corrected chi connectivity index (χ2v) is 4.65. The van der Waals surface area contributed by atoms with Crippen molar-refractivity contribution in [2.45, 2.75) is 18.6 Å². The van der Waals surface area contributed by atoms with Crippen LogP contribution in [0.5, 0.6) is 0 Å². The Kier molecular flexibility index (Phi) is 4.91. The second kappa shape index (κ2) is 6.45. The monoisotopic (exact) mass is 273 g/mol. The van der Waals surface area contributed by atoms with Gasteiger partial charge in [0.2, 0.25) is 0 Å². The van der Waals surface area contributed by atoms with Gasteiger partial charge in [0.15, 0.2) is 0 Å². The predicted molar refractivity (Wildman–Crippen MR) is 68.7 cm³/mol. The molecule has 0 saturated carbocycles. The van der Waals surface area contributed by atoms with E-state index in [9.17, 15) is 4.39 Å². The van der Waals surface area contributed by atoms with Gasteiger partial charge in [-0.25, -0.2) is 15.2 Å². The van der Waals surface area contributed by atoms with E-state index in [4.69, 9.17) is 16.3 Å². The highest BCUT2D eigenvalue weighted by molar-refractivity contribution is 6.31. The van der Waals surface area contributed by atoms with Crippen LogP contribution in [0.2, 0.25) is 5.02 Å². The molecular weight excluding hydrogens is 257 g/mol. The number of halogens is 2. The minimum atomic E-state index is -0.315. The Morgan fingerprint density at radius 1 is 1.50 bits per heavy atom. The van der Waals surface area contributed by atoms with E-state index in [-0.39, 0.29) is 18.0 Å². The van der Waals surface area contributed by atoms with Gasteiger partial charge in [-0.2, -0.15) is 0 Å². The molecule has 6 heteroatoms. The summed E-state index contributed by atoms with van der Waals surface area (Å²) in [5, 5.41) is 3.75. The first-order valence-corrected chi connectivity index (χ1v) is 6.27. The smallest absolute Gasteiger partial charge is 0.124 e. The molecule has 1 heterocycles. The summed E-state index contributed by atoms with van der Waals surface area (Å²) in [6.45, 7) is 1.44. The van der Waals surface area contributed by atoms with Gasteiger partial charge in [-0.3, -0.25) is 5.32 Å². The van der Waals surface area contributed by atoms with Crippen molar-refractivity contribution in [3.8, 4) is 0 Å². The number of methoxy groups -OCH3 is 1. The molecule has 0 spiro atoms. The van der Waals surface area contributed by atoms with Gasteiger partial charge in [0, 0.05) is 18.7 Å². The average Bonchev–Trinajstić information content (AvgIpc) is 2.78. The molecule has 4 nitrogen and oxygen atoms in total. The van der Waals surface area contributed by atoms with Crippen LogP contribution in [0.25, 0.3) is 0 Å². The third-order valence-corrected chi connectivity index (χ3v) is 3.27. The van der Waals surface area contributed by atoms with Crippen molar-refractivity contribution in [2.24, 2.45) is 0 Å². The molecule has 100 valence electrons. The third kappa shape index (κ3) is 3.40. The van der Waals surface area contributed by atoms with Gasteiger partial charge in [-0.05, 0) is 24.1 Å². The number of benzene rings is 1.